The van der Waals surface area contributed by atoms with Gasteiger partial charge in [-0.3, -0.25) is 0 Å². The van der Waals surface area contributed by atoms with Gasteiger partial charge in [-0.15, -0.1) is 0 Å². The SMILES string of the molecule is Cc1ccc2oc(C(C)CCCN)nc2c1. The Hall–Kier alpha value is -1.35. The van der Waals surface area contributed by atoms with Crippen molar-refractivity contribution in [2.45, 2.75) is 32.6 Å². The molecule has 0 aliphatic rings. The molecule has 0 fully saturated rings. The summed E-state index contributed by atoms with van der Waals surface area (Å²) in [5, 5.41) is 0. The fourth-order valence-corrected chi connectivity index (χ4v) is 1.81. The van der Waals surface area contributed by atoms with Crippen LogP contribution < -0.4 is 5.73 Å². The second kappa shape index (κ2) is 4.66. The number of fused-ring (bicyclic) bond motifs is 1. The van der Waals surface area contributed by atoms with Gasteiger partial charge in [-0.05, 0) is 44.0 Å². The highest BCUT2D eigenvalue weighted by Crippen LogP contribution is 2.24. The molecule has 2 aromatic rings. The standard InChI is InChI=1S/C13H18N2O/c1-9-5-6-12-11(8-9)15-13(16-12)10(2)4-3-7-14/h5-6,8,10H,3-4,7,14H2,1-2H3. The van der Waals surface area contributed by atoms with Crippen LogP contribution in [0.5, 0.6) is 0 Å². The maximum Gasteiger partial charge on any atom is 0.198 e. The molecule has 0 aliphatic carbocycles. The predicted molar refractivity (Wildman–Crippen MR) is 65.4 cm³/mol. The Morgan fingerprint density at radius 1 is 1.44 bits per heavy atom. The van der Waals surface area contributed by atoms with Crippen LogP contribution in [0.15, 0.2) is 22.6 Å². The molecule has 0 radical (unpaired) electrons. The van der Waals surface area contributed by atoms with Crippen molar-refractivity contribution in [1.29, 1.82) is 0 Å². The van der Waals surface area contributed by atoms with Crippen molar-refractivity contribution in [2.75, 3.05) is 6.54 Å². The van der Waals surface area contributed by atoms with Crippen molar-refractivity contribution >= 4 is 11.1 Å². The maximum absolute atomic E-state index is 5.73. The molecule has 1 atom stereocenters. The van der Waals surface area contributed by atoms with Crippen LogP contribution in [0, 0.1) is 6.92 Å². The Morgan fingerprint density at radius 2 is 2.25 bits per heavy atom. The summed E-state index contributed by atoms with van der Waals surface area (Å²) in [6, 6.07) is 6.08. The molecule has 1 aromatic carbocycles. The third-order valence-corrected chi connectivity index (χ3v) is 2.82. The number of nitrogens with two attached hydrogens (primary N) is 1. The lowest BCUT2D eigenvalue weighted by molar-refractivity contribution is 0.464. The lowest BCUT2D eigenvalue weighted by atomic mass is 10.1. The molecule has 1 unspecified atom stereocenters. The van der Waals surface area contributed by atoms with Crippen LogP contribution in [-0.4, -0.2) is 11.5 Å². The summed E-state index contributed by atoms with van der Waals surface area (Å²) in [5.41, 5.74) is 8.54. The Kier molecular flexibility index (Phi) is 3.25. The first-order valence-electron chi connectivity index (χ1n) is 5.78. The van der Waals surface area contributed by atoms with Crippen molar-refractivity contribution in [3.8, 4) is 0 Å². The minimum Gasteiger partial charge on any atom is -0.440 e. The number of rotatable bonds is 4. The van der Waals surface area contributed by atoms with Gasteiger partial charge in [0.25, 0.3) is 0 Å². The van der Waals surface area contributed by atoms with E-state index in [0.29, 0.717) is 5.92 Å². The van der Waals surface area contributed by atoms with Crippen LogP contribution >= 0.6 is 0 Å². The molecular formula is C13H18N2O. The van der Waals surface area contributed by atoms with Gasteiger partial charge in [0.05, 0.1) is 0 Å². The Bertz CT molecular complexity index is 476. The molecule has 2 N–H and O–H groups in total. The van der Waals surface area contributed by atoms with E-state index in [1.54, 1.807) is 0 Å². The predicted octanol–water partition coefficient (Wildman–Crippen LogP) is 2.98. The molecule has 0 bridgehead atoms. The van der Waals surface area contributed by atoms with E-state index in [1.165, 1.54) is 5.56 Å². The first-order chi connectivity index (χ1) is 7.70. The fraction of sp³-hybridized carbons (Fsp3) is 0.462. The molecule has 0 aliphatic heterocycles. The van der Waals surface area contributed by atoms with Gasteiger partial charge in [-0.25, -0.2) is 4.98 Å². The Morgan fingerprint density at radius 3 is 3.00 bits per heavy atom. The van der Waals surface area contributed by atoms with Crippen molar-refractivity contribution in [3.63, 3.8) is 0 Å². The molecule has 1 heterocycles. The summed E-state index contributed by atoms with van der Waals surface area (Å²) in [4.78, 5) is 4.52. The molecular weight excluding hydrogens is 200 g/mol. The van der Waals surface area contributed by atoms with Crippen molar-refractivity contribution in [1.82, 2.24) is 4.98 Å². The third-order valence-electron chi connectivity index (χ3n) is 2.82. The first-order valence-corrected chi connectivity index (χ1v) is 5.78. The van der Waals surface area contributed by atoms with E-state index in [-0.39, 0.29) is 0 Å². The molecule has 3 heteroatoms. The zero-order valence-electron chi connectivity index (χ0n) is 9.86. The molecule has 16 heavy (non-hydrogen) atoms. The third kappa shape index (κ3) is 2.25. The van der Waals surface area contributed by atoms with Gasteiger partial charge >= 0.3 is 0 Å². The fourth-order valence-electron chi connectivity index (χ4n) is 1.81. The summed E-state index contributed by atoms with van der Waals surface area (Å²) >= 11 is 0. The molecule has 0 saturated heterocycles. The number of oxazole rings is 1. The number of hydrogen-bond acceptors (Lipinski definition) is 3. The minimum atomic E-state index is 0.344. The number of hydrogen-bond donors (Lipinski definition) is 1. The zero-order chi connectivity index (χ0) is 11.5. The van der Waals surface area contributed by atoms with Crippen LogP contribution in [0.1, 0.15) is 37.1 Å². The van der Waals surface area contributed by atoms with E-state index < -0.39 is 0 Å². The average molecular weight is 218 g/mol. The van der Waals surface area contributed by atoms with Gasteiger partial charge in [0.15, 0.2) is 11.5 Å². The molecule has 0 spiro atoms. The summed E-state index contributed by atoms with van der Waals surface area (Å²) < 4.78 is 5.73. The van der Waals surface area contributed by atoms with Crippen molar-refractivity contribution in [3.05, 3.63) is 29.7 Å². The summed E-state index contributed by atoms with van der Waals surface area (Å²) in [5.74, 6) is 1.17. The number of nitrogens with zero attached hydrogens (tertiary/aromatic N) is 1. The van der Waals surface area contributed by atoms with E-state index in [2.05, 4.69) is 24.9 Å². The van der Waals surface area contributed by atoms with Crippen LogP contribution in [0.25, 0.3) is 11.1 Å². The highest BCUT2D eigenvalue weighted by atomic mass is 16.3. The Balaban J connectivity index is 2.25. The lowest BCUT2D eigenvalue weighted by Gasteiger charge is -2.04. The molecule has 0 saturated carbocycles. The van der Waals surface area contributed by atoms with Gasteiger partial charge in [-0.1, -0.05) is 13.0 Å². The summed E-state index contributed by atoms with van der Waals surface area (Å²) in [6.07, 6.45) is 2.04. The highest BCUT2D eigenvalue weighted by Gasteiger charge is 2.12. The molecule has 1 aromatic heterocycles. The van der Waals surface area contributed by atoms with Gasteiger partial charge in [0.1, 0.15) is 5.52 Å². The smallest absolute Gasteiger partial charge is 0.198 e. The quantitative estimate of drug-likeness (QED) is 0.858. The van der Waals surface area contributed by atoms with Gasteiger partial charge < -0.3 is 10.2 Å². The van der Waals surface area contributed by atoms with E-state index in [4.69, 9.17) is 10.2 Å². The van der Waals surface area contributed by atoms with E-state index in [9.17, 15) is 0 Å². The molecule has 0 amide bonds. The first kappa shape index (κ1) is 11.1. The molecule has 3 nitrogen and oxygen atoms in total. The highest BCUT2D eigenvalue weighted by molar-refractivity contribution is 5.73. The summed E-state index contributed by atoms with van der Waals surface area (Å²) in [7, 11) is 0. The molecule has 86 valence electrons. The number of aromatic nitrogens is 1. The average Bonchev–Trinajstić information content (AvgIpc) is 2.68. The minimum absolute atomic E-state index is 0.344. The monoisotopic (exact) mass is 218 g/mol. The normalized spacial score (nSPS) is 13.2. The van der Waals surface area contributed by atoms with Gasteiger partial charge in [-0.2, -0.15) is 0 Å². The van der Waals surface area contributed by atoms with Crippen LogP contribution in [-0.2, 0) is 0 Å². The van der Waals surface area contributed by atoms with Crippen LogP contribution in [0.3, 0.4) is 0 Å². The van der Waals surface area contributed by atoms with E-state index in [1.807, 2.05) is 12.1 Å². The summed E-state index contributed by atoms with van der Waals surface area (Å²) in [6.45, 7) is 4.92. The Labute approximate surface area is 95.7 Å². The molecule has 2 rings (SSSR count). The van der Waals surface area contributed by atoms with Gasteiger partial charge in [0, 0.05) is 5.92 Å². The van der Waals surface area contributed by atoms with Crippen molar-refractivity contribution in [2.24, 2.45) is 5.73 Å². The lowest BCUT2D eigenvalue weighted by Crippen LogP contribution is -2.02. The van der Waals surface area contributed by atoms with Crippen LogP contribution in [0.4, 0.5) is 0 Å². The van der Waals surface area contributed by atoms with Crippen molar-refractivity contribution < 1.29 is 4.42 Å². The second-order valence-corrected chi connectivity index (χ2v) is 4.36. The second-order valence-electron chi connectivity index (χ2n) is 4.36. The largest absolute Gasteiger partial charge is 0.440 e. The van der Waals surface area contributed by atoms with E-state index in [0.717, 1.165) is 36.4 Å². The number of aryl methyl sites for hydroxylation is 1. The van der Waals surface area contributed by atoms with E-state index >= 15 is 0 Å². The van der Waals surface area contributed by atoms with Crippen LogP contribution in [0.2, 0.25) is 0 Å². The maximum atomic E-state index is 5.73. The van der Waals surface area contributed by atoms with Gasteiger partial charge in [0.2, 0.25) is 0 Å². The topological polar surface area (TPSA) is 52.0 Å². The zero-order valence-corrected chi connectivity index (χ0v) is 9.86. The number of benzene rings is 1.